The summed E-state index contributed by atoms with van der Waals surface area (Å²) in [6.07, 6.45) is 4.91. The molecule has 0 spiro atoms. The second kappa shape index (κ2) is 4.81. The van der Waals surface area contributed by atoms with E-state index in [1.807, 2.05) is 23.0 Å². The average molecular weight is 321 g/mol. The van der Waals surface area contributed by atoms with Crippen LogP contribution in [0.15, 0.2) is 30.6 Å². The first-order valence-electron chi connectivity index (χ1n) is 6.17. The Kier molecular flexibility index (Phi) is 3.14. The predicted molar refractivity (Wildman–Crippen MR) is 76.0 cm³/mol. The minimum atomic E-state index is -0.280. The van der Waals surface area contributed by atoms with Crippen molar-refractivity contribution in [2.45, 2.75) is 24.2 Å². The lowest BCUT2D eigenvalue weighted by Crippen LogP contribution is -2.41. The van der Waals surface area contributed by atoms with Crippen LogP contribution in [0.1, 0.15) is 24.4 Å². The molecule has 5 heteroatoms. The zero-order valence-electron chi connectivity index (χ0n) is 10.2. The van der Waals surface area contributed by atoms with E-state index in [1.165, 1.54) is 5.56 Å². The third-order valence-electron chi connectivity index (χ3n) is 3.45. The van der Waals surface area contributed by atoms with E-state index in [-0.39, 0.29) is 17.9 Å². The summed E-state index contributed by atoms with van der Waals surface area (Å²) >= 11 is 3.43. The van der Waals surface area contributed by atoms with Crippen molar-refractivity contribution >= 4 is 38.5 Å². The molecule has 1 saturated heterocycles. The van der Waals surface area contributed by atoms with Gasteiger partial charge in [0.25, 0.3) is 0 Å². The van der Waals surface area contributed by atoms with Gasteiger partial charge in [-0.3, -0.25) is 14.9 Å². The summed E-state index contributed by atoms with van der Waals surface area (Å²) in [5.74, 6) is -0.392. The molecule has 1 atom stereocenters. The molecule has 0 radical (unpaired) electrons. The monoisotopic (exact) mass is 320 g/mol. The van der Waals surface area contributed by atoms with Crippen LogP contribution in [0.25, 0.3) is 10.8 Å². The SMILES string of the molecule is O=C1CCC(n2cc3ccc(CBr)cc3c2)C(=O)N1. The zero-order valence-corrected chi connectivity index (χ0v) is 11.8. The fourth-order valence-corrected chi connectivity index (χ4v) is 2.79. The first kappa shape index (κ1) is 12.4. The predicted octanol–water partition coefficient (Wildman–Crippen LogP) is 2.51. The highest BCUT2D eigenvalue weighted by atomic mass is 79.9. The Labute approximate surface area is 118 Å². The second-order valence-corrected chi connectivity index (χ2v) is 5.33. The van der Waals surface area contributed by atoms with Crippen molar-refractivity contribution in [2.24, 2.45) is 0 Å². The average Bonchev–Trinajstić information content (AvgIpc) is 2.80. The summed E-state index contributed by atoms with van der Waals surface area (Å²) < 4.78 is 1.91. The normalized spacial score (nSPS) is 19.7. The maximum absolute atomic E-state index is 11.8. The maximum Gasteiger partial charge on any atom is 0.249 e. The maximum atomic E-state index is 11.8. The van der Waals surface area contributed by atoms with E-state index in [1.54, 1.807) is 0 Å². The molecule has 1 aliphatic rings. The number of nitrogens with zero attached hydrogens (tertiary/aromatic N) is 1. The highest BCUT2D eigenvalue weighted by Gasteiger charge is 2.27. The lowest BCUT2D eigenvalue weighted by Gasteiger charge is -2.21. The van der Waals surface area contributed by atoms with Crippen LogP contribution in [0, 0.1) is 0 Å². The minimum Gasteiger partial charge on any atom is -0.341 e. The quantitative estimate of drug-likeness (QED) is 0.682. The molecule has 1 aromatic heterocycles. The molecule has 1 aromatic carbocycles. The van der Waals surface area contributed by atoms with Crippen molar-refractivity contribution in [2.75, 3.05) is 0 Å². The lowest BCUT2D eigenvalue weighted by molar-refractivity contribution is -0.135. The molecule has 19 heavy (non-hydrogen) atoms. The molecular formula is C14H13BrN2O2. The molecule has 1 unspecified atom stereocenters. The van der Waals surface area contributed by atoms with Gasteiger partial charge in [0.1, 0.15) is 6.04 Å². The number of nitrogens with one attached hydrogen (secondary N) is 1. The van der Waals surface area contributed by atoms with Gasteiger partial charge in [-0.1, -0.05) is 28.1 Å². The molecule has 2 amide bonds. The number of hydrogen-bond acceptors (Lipinski definition) is 2. The molecule has 3 rings (SSSR count). The van der Waals surface area contributed by atoms with Gasteiger partial charge in [-0.05, 0) is 28.8 Å². The number of amides is 2. The molecule has 1 aliphatic heterocycles. The Bertz CT molecular complexity index is 663. The number of benzene rings is 1. The molecule has 4 nitrogen and oxygen atoms in total. The number of fused-ring (bicyclic) bond motifs is 1. The molecule has 98 valence electrons. The topological polar surface area (TPSA) is 51.1 Å². The van der Waals surface area contributed by atoms with Crippen LogP contribution in [0.4, 0.5) is 0 Å². The number of imide groups is 1. The number of halogens is 1. The van der Waals surface area contributed by atoms with Crippen molar-refractivity contribution in [3.63, 3.8) is 0 Å². The third-order valence-corrected chi connectivity index (χ3v) is 4.10. The number of piperidine rings is 1. The summed E-state index contributed by atoms with van der Waals surface area (Å²) in [4.78, 5) is 23.0. The fraction of sp³-hybridized carbons (Fsp3) is 0.286. The number of alkyl halides is 1. The van der Waals surface area contributed by atoms with Crippen molar-refractivity contribution in [1.82, 2.24) is 9.88 Å². The smallest absolute Gasteiger partial charge is 0.249 e. The van der Waals surface area contributed by atoms with E-state index in [2.05, 4.69) is 33.4 Å². The van der Waals surface area contributed by atoms with Crippen LogP contribution in [0.2, 0.25) is 0 Å². The molecule has 1 fully saturated rings. The molecule has 0 bridgehead atoms. The van der Waals surface area contributed by atoms with Crippen LogP contribution in [0.3, 0.4) is 0 Å². The first-order valence-corrected chi connectivity index (χ1v) is 7.29. The number of rotatable bonds is 2. The van der Waals surface area contributed by atoms with E-state index < -0.39 is 0 Å². The number of hydrogen-bond donors (Lipinski definition) is 1. The Hall–Kier alpha value is -1.62. The second-order valence-electron chi connectivity index (χ2n) is 4.77. The van der Waals surface area contributed by atoms with E-state index in [0.717, 1.165) is 16.1 Å². The van der Waals surface area contributed by atoms with E-state index in [0.29, 0.717) is 12.8 Å². The lowest BCUT2D eigenvalue weighted by atomic mass is 10.1. The van der Waals surface area contributed by atoms with Crippen molar-refractivity contribution < 1.29 is 9.59 Å². The number of aromatic nitrogens is 1. The van der Waals surface area contributed by atoms with Crippen molar-refractivity contribution in [3.05, 3.63) is 36.2 Å². The highest BCUT2D eigenvalue weighted by Crippen LogP contribution is 2.25. The Morgan fingerprint density at radius 2 is 2.05 bits per heavy atom. The van der Waals surface area contributed by atoms with Gasteiger partial charge in [0.05, 0.1) is 0 Å². The summed E-state index contributed by atoms with van der Waals surface area (Å²) in [6.45, 7) is 0. The highest BCUT2D eigenvalue weighted by molar-refractivity contribution is 9.08. The molecular weight excluding hydrogens is 308 g/mol. The molecule has 2 heterocycles. The van der Waals surface area contributed by atoms with Gasteiger partial charge < -0.3 is 4.57 Å². The minimum absolute atomic E-state index is 0.181. The largest absolute Gasteiger partial charge is 0.341 e. The Morgan fingerprint density at radius 1 is 1.26 bits per heavy atom. The Morgan fingerprint density at radius 3 is 2.79 bits per heavy atom. The fourth-order valence-electron chi connectivity index (χ4n) is 2.44. The van der Waals surface area contributed by atoms with Gasteiger partial charge in [0.15, 0.2) is 0 Å². The van der Waals surface area contributed by atoms with Crippen LogP contribution in [-0.4, -0.2) is 16.4 Å². The van der Waals surface area contributed by atoms with Gasteiger partial charge in [-0.15, -0.1) is 0 Å². The summed E-state index contributed by atoms with van der Waals surface area (Å²) in [7, 11) is 0. The molecule has 1 N–H and O–H groups in total. The summed E-state index contributed by atoms with van der Waals surface area (Å²) in [6, 6.07) is 5.93. The summed E-state index contributed by atoms with van der Waals surface area (Å²) in [5.41, 5.74) is 1.20. The van der Waals surface area contributed by atoms with Crippen LogP contribution < -0.4 is 5.32 Å². The van der Waals surface area contributed by atoms with Crippen LogP contribution in [-0.2, 0) is 14.9 Å². The van der Waals surface area contributed by atoms with E-state index in [9.17, 15) is 9.59 Å². The van der Waals surface area contributed by atoms with E-state index >= 15 is 0 Å². The van der Waals surface area contributed by atoms with Crippen LogP contribution >= 0.6 is 15.9 Å². The van der Waals surface area contributed by atoms with Gasteiger partial charge >= 0.3 is 0 Å². The standard InChI is InChI=1S/C14H13BrN2O2/c15-6-9-1-2-10-7-17(8-11(10)5-9)12-3-4-13(18)16-14(12)19/h1-2,5,7-8,12H,3-4,6H2,(H,16,18,19). The van der Waals surface area contributed by atoms with Gasteiger partial charge in [-0.2, -0.15) is 0 Å². The van der Waals surface area contributed by atoms with Crippen LogP contribution in [0.5, 0.6) is 0 Å². The third kappa shape index (κ3) is 2.30. The molecule has 0 aliphatic carbocycles. The summed E-state index contributed by atoms with van der Waals surface area (Å²) in [5, 5.41) is 5.42. The number of carbonyl (C=O) groups is 2. The first-order chi connectivity index (χ1) is 9.17. The zero-order chi connectivity index (χ0) is 13.4. The molecule has 2 aromatic rings. The van der Waals surface area contributed by atoms with Gasteiger partial charge in [0.2, 0.25) is 11.8 Å². The molecule has 0 saturated carbocycles. The number of carbonyl (C=O) groups excluding carboxylic acids is 2. The van der Waals surface area contributed by atoms with Gasteiger partial charge in [0, 0.05) is 24.1 Å². The Balaban J connectivity index is 1.97. The van der Waals surface area contributed by atoms with Crippen molar-refractivity contribution in [3.8, 4) is 0 Å². The van der Waals surface area contributed by atoms with E-state index in [4.69, 9.17) is 0 Å². The van der Waals surface area contributed by atoms with Gasteiger partial charge in [-0.25, -0.2) is 0 Å². The van der Waals surface area contributed by atoms with Crippen molar-refractivity contribution in [1.29, 1.82) is 0 Å².